The summed E-state index contributed by atoms with van der Waals surface area (Å²) in [6.07, 6.45) is 0. The Morgan fingerprint density at radius 2 is 1.42 bits per heavy atom. The number of urea groups is 1. The van der Waals surface area contributed by atoms with E-state index < -0.39 is 43.4 Å². The number of carboxylic acids is 1. The van der Waals surface area contributed by atoms with Crippen molar-refractivity contribution in [3.8, 4) is 11.5 Å². The average Bonchev–Trinajstić information content (AvgIpc) is 3.20. The summed E-state index contributed by atoms with van der Waals surface area (Å²) in [6.45, 7) is -0.463. The van der Waals surface area contributed by atoms with Gasteiger partial charge in [0.05, 0.1) is 43.3 Å². The molecule has 17 heteroatoms. The lowest BCUT2D eigenvalue weighted by Gasteiger charge is -2.33. The number of carbonyl (C=O) groups excluding carboxylic acids is 4. The molecule has 0 spiro atoms. The fourth-order valence-electron chi connectivity index (χ4n) is 5.54. The number of aliphatic carboxylic acids is 1. The van der Waals surface area contributed by atoms with Crippen LogP contribution in [0.5, 0.6) is 11.5 Å². The molecule has 55 heavy (non-hydrogen) atoms. The molecule has 1 unspecified atom stereocenters. The molecule has 1 aliphatic heterocycles. The lowest BCUT2D eigenvalue weighted by atomic mass is 10.1. The minimum Gasteiger partial charge on any atom is -0.493 e. The summed E-state index contributed by atoms with van der Waals surface area (Å²) >= 11 is 6.31. The number of benzene rings is 4. The van der Waals surface area contributed by atoms with E-state index in [4.69, 9.17) is 30.1 Å². The molecule has 15 nitrogen and oxygen atoms in total. The molecule has 5 amide bonds. The highest BCUT2D eigenvalue weighted by Gasteiger charge is 2.38. The second-order valence-electron chi connectivity index (χ2n) is 12.0. The zero-order chi connectivity index (χ0) is 39.5. The van der Waals surface area contributed by atoms with Crippen LogP contribution >= 0.6 is 19.2 Å². The summed E-state index contributed by atoms with van der Waals surface area (Å²) in [4.78, 5) is 66.0. The Hall–Kier alpha value is -5.73. The van der Waals surface area contributed by atoms with E-state index in [1.165, 1.54) is 50.6 Å². The Morgan fingerprint density at radius 1 is 0.818 bits per heavy atom. The van der Waals surface area contributed by atoms with Crippen molar-refractivity contribution >= 4 is 54.2 Å². The number of imide groups is 1. The second-order valence-corrected chi connectivity index (χ2v) is 14.4. The predicted octanol–water partition coefficient (Wildman–Crippen LogP) is 4.55. The first-order valence-corrected chi connectivity index (χ1v) is 18.8. The van der Waals surface area contributed by atoms with Gasteiger partial charge in [-0.05, 0) is 41.0 Å². The standard InChI is InChI=1S/C38H38ClN4O11P/c1-51-30-18-17-29(31(39)33(30)52-2)34(44)40-19-20-42-21-22-43(36(46)35(42)45)38(49)41-32(37(47)48)27-13-15-28(16-14-27)55(50,53-23-25-9-5-3-6-10-25)54-24-26-11-7-4-8-12-26/h3-18,32H,19-24H2,1-2H3,(H,40,44)(H,41,49)(H,47,48). The van der Waals surface area contributed by atoms with Gasteiger partial charge < -0.3 is 39.2 Å². The molecule has 4 aromatic carbocycles. The summed E-state index contributed by atoms with van der Waals surface area (Å²) in [6, 6.07) is 23.9. The van der Waals surface area contributed by atoms with Gasteiger partial charge in [-0.25, -0.2) is 9.59 Å². The molecular formula is C38H38ClN4O11P. The van der Waals surface area contributed by atoms with Crippen LogP contribution in [0.2, 0.25) is 5.02 Å². The molecule has 1 heterocycles. The summed E-state index contributed by atoms with van der Waals surface area (Å²) in [5.41, 5.74) is 1.71. The van der Waals surface area contributed by atoms with Crippen LogP contribution in [0.3, 0.4) is 0 Å². The fourth-order valence-corrected chi connectivity index (χ4v) is 7.38. The molecule has 0 saturated carbocycles. The number of ether oxygens (including phenoxy) is 2. The SMILES string of the molecule is COc1ccc(C(=O)NCCN2CCN(C(=O)NC(C(=O)O)c3ccc(P(=O)(OCc4ccccc4)OCc4ccccc4)cc3)C(=O)C2=O)c(Cl)c1OC. The van der Waals surface area contributed by atoms with Crippen LogP contribution in [-0.4, -0.2) is 85.0 Å². The molecule has 1 fully saturated rings. The van der Waals surface area contributed by atoms with Crippen molar-refractivity contribution in [2.45, 2.75) is 19.3 Å². The van der Waals surface area contributed by atoms with Gasteiger partial charge in [0, 0.05) is 26.2 Å². The molecule has 0 radical (unpaired) electrons. The van der Waals surface area contributed by atoms with Crippen LogP contribution in [0, 0.1) is 0 Å². The molecule has 3 N–H and O–H groups in total. The normalized spacial score (nSPS) is 13.6. The van der Waals surface area contributed by atoms with Crippen molar-refractivity contribution < 1.29 is 52.2 Å². The van der Waals surface area contributed by atoms with Crippen LogP contribution in [0.25, 0.3) is 0 Å². The first-order chi connectivity index (χ1) is 26.4. The number of hydrogen-bond acceptors (Lipinski definition) is 10. The van der Waals surface area contributed by atoms with Crippen LogP contribution < -0.4 is 25.4 Å². The predicted molar refractivity (Wildman–Crippen MR) is 200 cm³/mol. The molecule has 1 saturated heterocycles. The number of piperazine rings is 1. The van der Waals surface area contributed by atoms with E-state index in [1.54, 1.807) is 0 Å². The molecule has 0 aliphatic carbocycles. The van der Waals surface area contributed by atoms with Gasteiger partial charge in [0.15, 0.2) is 17.5 Å². The number of nitrogens with zero attached hydrogens (tertiary/aromatic N) is 2. The van der Waals surface area contributed by atoms with Gasteiger partial charge in [0.1, 0.15) is 0 Å². The van der Waals surface area contributed by atoms with Gasteiger partial charge in [-0.1, -0.05) is 84.4 Å². The van der Waals surface area contributed by atoms with E-state index >= 15 is 0 Å². The van der Waals surface area contributed by atoms with Crippen LogP contribution in [-0.2, 0) is 41.2 Å². The van der Waals surface area contributed by atoms with Crippen LogP contribution in [0.4, 0.5) is 4.79 Å². The zero-order valence-electron chi connectivity index (χ0n) is 29.8. The topological polar surface area (TPSA) is 190 Å². The van der Waals surface area contributed by atoms with E-state index in [9.17, 15) is 33.6 Å². The number of halogens is 1. The molecule has 1 aliphatic rings. The number of carbonyl (C=O) groups is 5. The number of hydrogen-bond donors (Lipinski definition) is 3. The Morgan fingerprint density at radius 3 is 1.96 bits per heavy atom. The molecule has 288 valence electrons. The smallest absolute Gasteiger partial charge is 0.361 e. The van der Waals surface area contributed by atoms with Crippen molar-refractivity contribution in [2.24, 2.45) is 0 Å². The molecule has 1 atom stereocenters. The average molecular weight is 793 g/mol. The number of nitrogens with one attached hydrogen (secondary N) is 2. The minimum atomic E-state index is -3.95. The Kier molecular flexibility index (Phi) is 13.6. The Bertz CT molecular complexity index is 2020. The van der Waals surface area contributed by atoms with E-state index in [2.05, 4.69) is 10.6 Å². The highest BCUT2D eigenvalue weighted by Crippen LogP contribution is 2.49. The van der Waals surface area contributed by atoms with Crippen LogP contribution in [0.1, 0.15) is 33.1 Å². The summed E-state index contributed by atoms with van der Waals surface area (Å²) in [7, 11) is -1.15. The Labute approximate surface area is 321 Å². The fraction of sp³-hybridized carbons (Fsp3) is 0.237. The lowest BCUT2D eigenvalue weighted by molar-refractivity contribution is -0.153. The molecule has 0 aromatic heterocycles. The number of methoxy groups -OCH3 is 2. The molecule has 5 rings (SSSR count). The summed E-state index contributed by atoms with van der Waals surface area (Å²) in [5, 5.41) is 15.1. The van der Waals surface area contributed by atoms with Gasteiger partial charge >= 0.3 is 31.4 Å². The zero-order valence-corrected chi connectivity index (χ0v) is 31.5. The first-order valence-electron chi connectivity index (χ1n) is 16.9. The summed E-state index contributed by atoms with van der Waals surface area (Å²) in [5.74, 6) is -3.69. The maximum Gasteiger partial charge on any atom is 0.361 e. The number of rotatable bonds is 16. The van der Waals surface area contributed by atoms with Gasteiger partial charge in [-0.2, -0.15) is 0 Å². The van der Waals surface area contributed by atoms with Gasteiger partial charge in [0.25, 0.3) is 5.91 Å². The van der Waals surface area contributed by atoms with Gasteiger partial charge in [-0.15, -0.1) is 0 Å². The molecular weight excluding hydrogens is 755 g/mol. The third-order valence-corrected chi connectivity index (χ3v) is 10.7. The first kappa shape index (κ1) is 40.5. The highest BCUT2D eigenvalue weighted by atomic mass is 35.5. The van der Waals surface area contributed by atoms with Crippen molar-refractivity contribution in [3.05, 3.63) is 124 Å². The number of carboxylic acid groups (broad SMARTS) is 1. The third kappa shape index (κ3) is 9.88. The van der Waals surface area contributed by atoms with Crippen LogP contribution in [0.15, 0.2) is 97.1 Å². The van der Waals surface area contributed by atoms with Crippen molar-refractivity contribution in [3.63, 3.8) is 0 Å². The lowest BCUT2D eigenvalue weighted by Crippen LogP contribution is -2.59. The maximum absolute atomic E-state index is 14.1. The van der Waals surface area contributed by atoms with Crippen molar-refractivity contribution in [1.29, 1.82) is 0 Å². The second kappa shape index (κ2) is 18.5. The molecule has 4 aromatic rings. The monoisotopic (exact) mass is 792 g/mol. The Balaban J connectivity index is 1.20. The van der Waals surface area contributed by atoms with E-state index in [1.807, 2.05) is 60.7 Å². The van der Waals surface area contributed by atoms with E-state index in [0.29, 0.717) is 10.6 Å². The van der Waals surface area contributed by atoms with Gasteiger partial charge in [-0.3, -0.25) is 23.8 Å². The highest BCUT2D eigenvalue weighted by molar-refractivity contribution is 7.62. The minimum absolute atomic E-state index is 0.0225. The van der Waals surface area contributed by atoms with E-state index in [-0.39, 0.29) is 66.6 Å². The quantitative estimate of drug-likeness (QED) is 0.107. The van der Waals surface area contributed by atoms with Gasteiger partial charge in [0.2, 0.25) is 0 Å². The number of amides is 5. The van der Waals surface area contributed by atoms with E-state index in [0.717, 1.165) is 16.0 Å². The molecule has 0 bridgehead atoms. The largest absolute Gasteiger partial charge is 0.493 e. The van der Waals surface area contributed by atoms with Crippen molar-refractivity contribution in [2.75, 3.05) is 40.4 Å². The van der Waals surface area contributed by atoms with Crippen molar-refractivity contribution in [1.82, 2.24) is 20.4 Å². The summed E-state index contributed by atoms with van der Waals surface area (Å²) < 4.78 is 36.2. The third-order valence-electron chi connectivity index (χ3n) is 8.50. The maximum atomic E-state index is 14.1.